The predicted molar refractivity (Wildman–Crippen MR) is 82.3 cm³/mol. The molecule has 1 fully saturated rings. The molecule has 0 aliphatic carbocycles. The van der Waals surface area contributed by atoms with Crippen molar-refractivity contribution in [2.45, 2.75) is 18.3 Å². The second kappa shape index (κ2) is 6.58. The number of alkyl halides is 3. The van der Waals surface area contributed by atoms with Gasteiger partial charge in [-0.25, -0.2) is 13.4 Å². The number of sulfone groups is 1. The van der Waals surface area contributed by atoms with Gasteiger partial charge in [-0.05, 0) is 19.1 Å². The van der Waals surface area contributed by atoms with Crippen LogP contribution in [0.3, 0.4) is 0 Å². The third-order valence-electron chi connectivity index (χ3n) is 3.98. The third kappa shape index (κ3) is 4.16. The summed E-state index contributed by atoms with van der Waals surface area (Å²) in [6, 6.07) is 2.25. The van der Waals surface area contributed by atoms with E-state index in [-0.39, 0.29) is 0 Å². The number of amides is 1. The van der Waals surface area contributed by atoms with Gasteiger partial charge >= 0.3 is 6.18 Å². The summed E-state index contributed by atoms with van der Waals surface area (Å²) in [5.41, 5.74) is -0.818. The fourth-order valence-corrected chi connectivity index (χ4v) is 2.85. The van der Waals surface area contributed by atoms with Gasteiger partial charge in [0.15, 0.2) is 9.84 Å². The molecule has 1 aromatic rings. The van der Waals surface area contributed by atoms with Gasteiger partial charge in [-0.3, -0.25) is 4.79 Å². The zero-order valence-electron chi connectivity index (χ0n) is 13.2. The van der Waals surface area contributed by atoms with E-state index in [1.165, 1.54) is 17.9 Å². The van der Waals surface area contributed by atoms with Gasteiger partial charge in [0.2, 0.25) is 5.91 Å². The standard InChI is InChI=1S/C14H18F3N3O3S/c1-10(24(2,22)23)13(21)20-7-5-19(6-8-20)12-4-3-11(9-18-12)14(15,16)17/h3-4,9-10H,5-8H2,1-2H3/t10-/m1/s1. The lowest BCUT2D eigenvalue weighted by Crippen LogP contribution is -2.52. The van der Waals surface area contributed by atoms with Crippen LogP contribution in [0.1, 0.15) is 12.5 Å². The number of aromatic nitrogens is 1. The largest absolute Gasteiger partial charge is 0.417 e. The molecule has 2 rings (SSSR count). The van der Waals surface area contributed by atoms with Crippen LogP contribution in [0.25, 0.3) is 0 Å². The number of halogens is 3. The van der Waals surface area contributed by atoms with Crippen LogP contribution < -0.4 is 4.90 Å². The zero-order chi connectivity index (χ0) is 18.1. The molecule has 0 radical (unpaired) electrons. The summed E-state index contributed by atoms with van der Waals surface area (Å²) in [5.74, 6) is -0.0659. The van der Waals surface area contributed by atoms with Crippen LogP contribution in [0, 0.1) is 0 Å². The van der Waals surface area contributed by atoms with E-state index in [2.05, 4.69) is 4.98 Å². The normalized spacial score (nSPS) is 17.7. The second-order valence-corrected chi connectivity index (χ2v) is 8.05. The van der Waals surface area contributed by atoms with Crippen LogP contribution in [-0.4, -0.2) is 61.9 Å². The van der Waals surface area contributed by atoms with Crippen molar-refractivity contribution in [1.29, 1.82) is 0 Å². The van der Waals surface area contributed by atoms with Gasteiger partial charge in [0.1, 0.15) is 11.1 Å². The lowest BCUT2D eigenvalue weighted by atomic mass is 10.2. The molecule has 1 amide bonds. The van der Waals surface area contributed by atoms with Crippen LogP contribution in [0.2, 0.25) is 0 Å². The highest BCUT2D eigenvalue weighted by atomic mass is 32.2. The summed E-state index contributed by atoms with van der Waals surface area (Å²) in [7, 11) is -3.46. The van der Waals surface area contributed by atoms with Crippen LogP contribution in [0.15, 0.2) is 18.3 Å². The molecule has 24 heavy (non-hydrogen) atoms. The number of nitrogens with zero attached hydrogens (tertiary/aromatic N) is 3. The lowest BCUT2D eigenvalue weighted by molar-refractivity contribution is -0.137. The zero-order valence-corrected chi connectivity index (χ0v) is 14.1. The third-order valence-corrected chi connectivity index (χ3v) is 5.47. The molecule has 0 aromatic carbocycles. The maximum atomic E-state index is 12.5. The molecule has 1 aliphatic rings. The molecule has 0 saturated carbocycles. The van der Waals surface area contributed by atoms with Crippen molar-refractivity contribution in [3.8, 4) is 0 Å². The number of hydrogen-bond donors (Lipinski definition) is 0. The second-order valence-electron chi connectivity index (χ2n) is 5.69. The van der Waals surface area contributed by atoms with E-state index in [1.54, 1.807) is 4.90 Å². The average molecular weight is 365 g/mol. The van der Waals surface area contributed by atoms with Crippen molar-refractivity contribution in [2.75, 3.05) is 37.3 Å². The Bertz CT molecular complexity index is 696. The first-order valence-corrected chi connectivity index (χ1v) is 9.21. The van der Waals surface area contributed by atoms with Gasteiger partial charge in [-0.1, -0.05) is 0 Å². The van der Waals surface area contributed by atoms with E-state index >= 15 is 0 Å². The van der Waals surface area contributed by atoms with Gasteiger partial charge in [0.05, 0.1) is 5.56 Å². The van der Waals surface area contributed by atoms with Gasteiger partial charge in [-0.15, -0.1) is 0 Å². The minimum Gasteiger partial charge on any atom is -0.353 e. The van der Waals surface area contributed by atoms with Gasteiger partial charge in [0, 0.05) is 38.6 Å². The molecule has 1 aliphatic heterocycles. The first-order chi connectivity index (χ1) is 11.0. The number of piperazine rings is 1. The Morgan fingerprint density at radius 1 is 1.21 bits per heavy atom. The Kier molecular flexibility index (Phi) is 5.07. The Balaban J connectivity index is 1.99. The molecule has 0 unspecified atom stereocenters. The maximum Gasteiger partial charge on any atom is 0.417 e. The smallest absolute Gasteiger partial charge is 0.353 e. The number of pyridine rings is 1. The fourth-order valence-electron chi connectivity index (χ4n) is 2.34. The summed E-state index contributed by atoms with van der Waals surface area (Å²) < 4.78 is 60.5. The summed E-state index contributed by atoms with van der Waals surface area (Å²) in [4.78, 5) is 19.2. The molecule has 6 nitrogen and oxygen atoms in total. The van der Waals surface area contributed by atoms with Crippen LogP contribution in [0.4, 0.5) is 19.0 Å². The van der Waals surface area contributed by atoms with E-state index < -0.39 is 32.7 Å². The van der Waals surface area contributed by atoms with Crippen LogP contribution in [-0.2, 0) is 20.8 Å². The number of rotatable bonds is 3. The highest BCUT2D eigenvalue weighted by molar-refractivity contribution is 7.92. The monoisotopic (exact) mass is 365 g/mol. The minimum absolute atomic E-state index is 0.293. The van der Waals surface area contributed by atoms with Gasteiger partial charge in [-0.2, -0.15) is 13.2 Å². The minimum atomic E-state index is -4.43. The first kappa shape index (κ1) is 18.5. The summed E-state index contributed by atoms with van der Waals surface area (Å²) >= 11 is 0. The number of anilines is 1. The van der Waals surface area contributed by atoms with Crippen molar-refractivity contribution < 1.29 is 26.4 Å². The summed E-state index contributed by atoms with van der Waals surface area (Å²) in [6.07, 6.45) is -2.64. The Hall–Kier alpha value is -1.84. The van der Waals surface area contributed by atoms with E-state index in [4.69, 9.17) is 0 Å². The lowest BCUT2D eigenvalue weighted by Gasteiger charge is -2.36. The Morgan fingerprint density at radius 3 is 2.21 bits per heavy atom. The molecule has 0 N–H and O–H groups in total. The molecular weight excluding hydrogens is 347 g/mol. The van der Waals surface area contributed by atoms with Crippen molar-refractivity contribution in [1.82, 2.24) is 9.88 Å². The van der Waals surface area contributed by atoms with Crippen LogP contribution in [0.5, 0.6) is 0 Å². The number of hydrogen-bond acceptors (Lipinski definition) is 5. The molecule has 1 aromatic heterocycles. The van der Waals surface area contributed by atoms with E-state index in [9.17, 15) is 26.4 Å². The van der Waals surface area contributed by atoms with Crippen molar-refractivity contribution in [2.24, 2.45) is 0 Å². The first-order valence-electron chi connectivity index (χ1n) is 7.26. The summed E-state index contributed by atoms with van der Waals surface area (Å²) in [5, 5.41) is -1.10. The average Bonchev–Trinajstić information content (AvgIpc) is 2.52. The molecule has 0 bridgehead atoms. The number of carbonyl (C=O) groups excluding carboxylic acids is 1. The SMILES string of the molecule is C[C@H](C(=O)N1CCN(c2ccc(C(F)(F)F)cn2)CC1)S(C)(=O)=O. The number of carbonyl (C=O) groups is 1. The van der Waals surface area contributed by atoms with Crippen molar-refractivity contribution in [3.05, 3.63) is 23.9 Å². The van der Waals surface area contributed by atoms with Gasteiger partial charge in [0.25, 0.3) is 0 Å². The van der Waals surface area contributed by atoms with Gasteiger partial charge < -0.3 is 9.80 Å². The van der Waals surface area contributed by atoms with E-state index in [0.717, 1.165) is 18.5 Å². The molecular formula is C14H18F3N3O3S. The Labute approximate surface area is 138 Å². The molecule has 0 spiro atoms. The molecule has 1 saturated heterocycles. The summed E-state index contributed by atoms with van der Waals surface area (Å²) in [6.45, 7) is 2.69. The topological polar surface area (TPSA) is 70.6 Å². The van der Waals surface area contributed by atoms with Crippen LogP contribution >= 0.6 is 0 Å². The molecule has 134 valence electrons. The Morgan fingerprint density at radius 2 is 1.79 bits per heavy atom. The maximum absolute atomic E-state index is 12.5. The highest BCUT2D eigenvalue weighted by Gasteiger charge is 2.32. The fraction of sp³-hybridized carbons (Fsp3) is 0.571. The van der Waals surface area contributed by atoms with Crippen molar-refractivity contribution >= 4 is 21.6 Å². The highest BCUT2D eigenvalue weighted by Crippen LogP contribution is 2.29. The van der Waals surface area contributed by atoms with Crippen molar-refractivity contribution in [3.63, 3.8) is 0 Å². The van der Waals surface area contributed by atoms with E-state index in [1.807, 2.05) is 0 Å². The molecule has 2 heterocycles. The predicted octanol–water partition coefficient (Wildman–Crippen LogP) is 1.18. The molecule has 1 atom stereocenters. The van der Waals surface area contributed by atoms with E-state index in [0.29, 0.717) is 32.0 Å². The quantitative estimate of drug-likeness (QED) is 0.805. The molecule has 10 heteroatoms.